The summed E-state index contributed by atoms with van der Waals surface area (Å²) in [5.41, 5.74) is 2.83. The molecule has 0 aliphatic carbocycles. The number of nitrogens with zero attached hydrogens (tertiary/aromatic N) is 8. The third-order valence-corrected chi connectivity index (χ3v) is 2.99. The quantitative estimate of drug-likeness (QED) is 0.548. The van der Waals surface area contributed by atoms with Crippen LogP contribution in [-0.2, 0) is 4.74 Å². The zero-order valence-electron chi connectivity index (χ0n) is 11.5. The van der Waals surface area contributed by atoms with Gasteiger partial charge in [0, 0.05) is 13.1 Å². The minimum absolute atomic E-state index is 0.0491. The molecule has 122 valence electrons. The van der Waals surface area contributed by atoms with Crippen LogP contribution in [0.2, 0.25) is 0 Å². The van der Waals surface area contributed by atoms with Gasteiger partial charge in [-0.05, 0) is 0 Å². The summed E-state index contributed by atoms with van der Waals surface area (Å²) < 4.78 is 6.17. The zero-order valence-corrected chi connectivity index (χ0v) is 11.5. The van der Waals surface area contributed by atoms with Crippen molar-refractivity contribution < 1.29 is 14.6 Å². The maximum atomic E-state index is 11.0. The minimum atomic E-state index is -1.29. The van der Waals surface area contributed by atoms with Crippen LogP contribution >= 0.6 is 0 Å². The second-order valence-electron chi connectivity index (χ2n) is 4.42. The Labute approximate surface area is 127 Å². The molecule has 1 aromatic rings. The van der Waals surface area contributed by atoms with Crippen LogP contribution in [0, 0.1) is 20.2 Å². The van der Waals surface area contributed by atoms with Crippen molar-refractivity contribution in [3.05, 3.63) is 37.7 Å². The fourth-order valence-electron chi connectivity index (χ4n) is 1.98. The minimum Gasteiger partial charge on any atom is -0.379 e. The average Bonchev–Trinajstić information content (AvgIpc) is 2.96. The molecule has 1 saturated heterocycles. The van der Waals surface area contributed by atoms with Crippen LogP contribution in [-0.4, -0.2) is 61.9 Å². The number of aromatic nitrogens is 3. The summed E-state index contributed by atoms with van der Waals surface area (Å²) in [4.78, 5) is 23.6. The lowest BCUT2D eigenvalue weighted by Gasteiger charge is -2.32. The SMILES string of the molecule is O=[N+]([O-])C(=C1N=C(NN2CCOCC2)[N-]c2nncn21)[N+](=O)[O-]. The third kappa shape index (κ3) is 2.92. The molecule has 14 heteroatoms. The Hall–Kier alpha value is -3.13. The largest absolute Gasteiger partial charge is 0.583 e. The van der Waals surface area contributed by atoms with E-state index in [4.69, 9.17) is 4.74 Å². The van der Waals surface area contributed by atoms with Crippen LogP contribution in [0.3, 0.4) is 0 Å². The van der Waals surface area contributed by atoms with Crippen molar-refractivity contribution >= 4 is 17.7 Å². The van der Waals surface area contributed by atoms with Gasteiger partial charge in [-0.2, -0.15) is 5.10 Å². The van der Waals surface area contributed by atoms with Crippen molar-refractivity contribution in [1.82, 2.24) is 25.2 Å². The van der Waals surface area contributed by atoms with Crippen LogP contribution < -0.4 is 5.43 Å². The zero-order chi connectivity index (χ0) is 16.4. The molecule has 0 amide bonds. The van der Waals surface area contributed by atoms with Crippen LogP contribution in [0.1, 0.15) is 0 Å². The van der Waals surface area contributed by atoms with Crippen molar-refractivity contribution in [3.8, 4) is 0 Å². The standard InChI is InChI=1S/C9H10N9O5/c19-17(20)7(18(21)22)6-11-8(12-9-13-10-5-16(6)9)14-15-1-3-23-4-2-15/h5H,1-4H2,(H-,11,12,13,14)/q-1. The van der Waals surface area contributed by atoms with Crippen LogP contribution in [0.25, 0.3) is 11.1 Å². The molecule has 2 aliphatic heterocycles. The molecule has 0 saturated carbocycles. The number of ether oxygens (including phenoxy) is 1. The van der Waals surface area contributed by atoms with E-state index in [1.807, 2.05) is 0 Å². The summed E-state index contributed by atoms with van der Waals surface area (Å²) in [6.45, 7) is 2.07. The summed E-state index contributed by atoms with van der Waals surface area (Å²) in [7, 11) is 0. The molecule has 3 heterocycles. The van der Waals surface area contributed by atoms with Gasteiger partial charge in [-0.1, -0.05) is 0 Å². The van der Waals surface area contributed by atoms with Gasteiger partial charge in [-0.25, -0.2) is 10.1 Å². The van der Waals surface area contributed by atoms with E-state index in [2.05, 4.69) is 25.9 Å². The Morgan fingerprint density at radius 1 is 1.30 bits per heavy atom. The van der Waals surface area contributed by atoms with Gasteiger partial charge in [0.2, 0.25) is 5.82 Å². The normalized spacial score (nSPS) is 17.7. The summed E-state index contributed by atoms with van der Waals surface area (Å²) >= 11 is 0. The van der Waals surface area contributed by atoms with Gasteiger partial charge in [0.1, 0.15) is 21.8 Å². The van der Waals surface area contributed by atoms with Gasteiger partial charge in [-0.3, -0.25) is 30.5 Å². The molecule has 0 unspecified atom stereocenters. The Morgan fingerprint density at radius 2 is 2.00 bits per heavy atom. The first-order chi connectivity index (χ1) is 11.1. The Bertz CT molecular complexity index is 688. The number of hydrogen-bond acceptors (Lipinski definition) is 10. The lowest BCUT2D eigenvalue weighted by molar-refractivity contribution is -0.614. The van der Waals surface area contributed by atoms with E-state index in [1.54, 1.807) is 5.01 Å². The molecule has 3 rings (SSSR count). The number of hydrazine groups is 1. The fourth-order valence-corrected chi connectivity index (χ4v) is 1.98. The van der Waals surface area contributed by atoms with Gasteiger partial charge in [0.05, 0.1) is 19.5 Å². The highest BCUT2D eigenvalue weighted by atomic mass is 16.7. The molecule has 0 aromatic carbocycles. The number of hydrogen-bond donors (Lipinski definition) is 1. The monoisotopic (exact) mass is 324 g/mol. The van der Waals surface area contributed by atoms with Crippen LogP contribution in [0.4, 0.5) is 5.95 Å². The highest BCUT2D eigenvalue weighted by molar-refractivity contribution is 6.01. The first-order valence-electron chi connectivity index (χ1n) is 6.39. The van der Waals surface area contributed by atoms with E-state index in [9.17, 15) is 20.2 Å². The molecule has 0 bridgehead atoms. The molecule has 23 heavy (non-hydrogen) atoms. The molecular formula is C9H10N9O5-. The number of rotatable bonds is 3. The maximum Gasteiger partial charge on any atom is 0.583 e. The van der Waals surface area contributed by atoms with E-state index in [-0.39, 0.29) is 11.9 Å². The molecule has 2 aliphatic rings. The predicted octanol–water partition coefficient (Wildman–Crippen LogP) is -0.873. The molecule has 1 N–H and O–H groups in total. The summed E-state index contributed by atoms with van der Waals surface area (Å²) in [6, 6.07) is 0. The second-order valence-corrected chi connectivity index (χ2v) is 4.42. The van der Waals surface area contributed by atoms with Gasteiger partial charge in [-0.15, -0.1) is 0 Å². The lowest BCUT2D eigenvalue weighted by Crippen LogP contribution is -2.48. The van der Waals surface area contributed by atoms with Gasteiger partial charge >= 0.3 is 5.82 Å². The first kappa shape index (κ1) is 14.8. The molecule has 0 atom stereocenters. The molecule has 1 aromatic heterocycles. The van der Waals surface area contributed by atoms with E-state index >= 15 is 0 Å². The number of aliphatic imine (C=N–C) groups is 1. The highest BCUT2D eigenvalue weighted by Crippen LogP contribution is 2.28. The Kier molecular flexibility index (Phi) is 3.82. The molecule has 0 radical (unpaired) electrons. The van der Waals surface area contributed by atoms with E-state index in [0.717, 1.165) is 10.9 Å². The van der Waals surface area contributed by atoms with Gasteiger partial charge < -0.3 is 14.7 Å². The van der Waals surface area contributed by atoms with E-state index in [1.165, 1.54) is 0 Å². The van der Waals surface area contributed by atoms with E-state index in [0.29, 0.717) is 26.3 Å². The highest BCUT2D eigenvalue weighted by Gasteiger charge is 2.34. The van der Waals surface area contributed by atoms with Crippen molar-refractivity contribution in [2.75, 3.05) is 26.3 Å². The van der Waals surface area contributed by atoms with Crippen LogP contribution in [0.5, 0.6) is 0 Å². The van der Waals surface area contributed by atoms with Crippen molar-refractivity contribution in [2.45, 2.75) is 0 Å². The van der Waals surface area contributed by atoms with Crippen molar-refractivity contribution in [1.29, 1.82) is 0 Å². The Balaban J connectivity index is 1.97. The van der Waals surface area contributed by atoms with Gasteiger partial charge in [0.15, 0.2) is 0 Å². The number of guanidine groups is 1. The fraction of sp³-hybridized carbons (Fsp3) is 0.444. The summed E-state index contributed by atoms with van der Waals surface area (Å²) in [6.07, 6.45) is 1.07. The maximum absolute atomic E-state index is 11.0. The lowest BCUT2D eigenvalue weighted by atomic mass is 10.5. The molecule has 1 fully saturated rings. The molecular weight excluding hydrogens is 314 g/mol. The van der Waals surface area contributed by atoms with Crippen molar-refractivity contribution in [3.63, 3.8) is 0 Å². The second kappa shape index (κ2) is 5.93. The Morgan fingerprint density at radius 3 is 2.65 bits per heavy atom. The smallest absolute Gasteiger partial charge is 0.379 e. The van der Waals surface area contributed by atoms with Gasteiger partial charge in [0.25, 0.3) is 0 Å². The third-order valence-electron chi connectivity index (χ3n) is 2.99. The van der Waals surface area contributed by atoms with Crippen LogP contribution in [0.15, 0.2) is 17.1 Å². The van der Waals surface area contributed by atoms with E-state index < -0.39 is 21.5 Å². The number of nitro groups is 2. The number of nitrogens with one attached hydrogen (secondary N) is 1. The topological polar surface area (TPSA) is 168 Å². The predicted molar refractivity (Wildman–Crippen MR) is 73.2 cm³/mol. The van der Waals surface area contributed by atoms with Crippen molar-refractivity contribution in [2.24, 2.45) is 4.99 Å². The number of fused-ring (bicyclic) bond motifs is 1. The summed E-state index contributed by atoms with van der Waals surface area (Å²) in [5, 5.41) is 34.9. The summed E-state index contributed by atoms with van der Waals surface area (Å²) in [5.74, 6) is -1.91. The average molecular weight is 324 g/mol. The molecule has 0 spiro atoms. The first-order valence-corrected chi connectivity index (χ1v) is 6.39. The number of morpholine rings is 1. The molecule has 14 nitrogen and oxygen atoms in total.